The van der Waals surface area contributed by atoms with Gasteiger partial charge in [0.1, 0.15) is 0 Å². The Labute approximate surface area is 129 Å². The number of hydrogen-bond donors (Lipinski definition) is 3. The van der Waals surface area contributed by atoms with E-state index in [0.29, 0.717) is 12.5 Å². The quantitative estimate of drug-likeness (QED) is 0.509. The van der Waals surface area contributed by atoms with Crippen LogP contribution >= 0.6 is 22.6 Å². The number of halogens is 1. The lowest BCUT2D eigenvalue weighted by Gasteiger charge is -2.38. The summed E-state index contributed by atoms with van der Waals surface area (Å²) < 4.78 is 6.37. The third-order valence-corrected chi connectivity index (χ3v) is 5.83. The van der Waals surface area contributed by atoms with Crippen molar-refractivity contribution < 1.29 is 14.9 Å². The van der Waals surface area contributed by atoms with E-state index in [-0.39, 0.29) is 28.3 Å². The summed E-state index contributed by atoms with van der Waals surface area (Å²) in [6, 6.07) is 0. The Morgan fingerprint density at radius 1 is 1.05 bits per heavy atom. The zero-order chi connectivity index (χ0) is 13.8. The second-order valence-corrected chi connectivity index (χ2v) is 7.62. The number of aliphatic hydroxyl groups is 2. The Bertz CT molecular complexity index is 279. The minimum atomic E-state index is -0.343. The highest BCUT2D eigenvalue weighted by molar-refractivity contribution is 14.1. The average Bonchev–Trinajstić information content (AvgIpc) is 2.37. The Kier molecular flexibility index (Phi) is 6.33. The van der Waals surface area contributed by atoms with Crippen molar-refractivity contribution in [1.29, 1.82) is 0 Å². The Morgan fingerprint density at radius 2 is 1.84 bits per heavy atom. The number of rotatable bonds is 4. The van der Waals surface area contributed by atoms with Gasteiger partial charge in [0.25, 0.3) is 0 Å². The molecule has 0 spiro atoms. The van der Waals surface area contributed by atoms with E-state index < -0.39 is 0 Å². The van der Waals surface area contributed by atoms with Crippen LogP contribution in [-0.2, 0) is 4.74 Å². The van der Waals surface area contributed by atoms with Gasteiger partial charge in [-0.05, 0) is 57.4 Å². The van der Waals surface area contributed by atoms with Gasteiger partial charge >= 0.3 is 0 Å². The summed E-state index contributed by atoms with van der Waals surface area (Å²) in [5.74, 6) is 0.561. The van der Waals surface area contributed by atoms with Crippen molar-refractivity contribution >= 4 is 22.6 Å². The van der Waals surface area contributed by atoms with E-state index in [9.17, 15) is 10.2 Å². The molecule has 19 heavy (non-hydrogen) atoms. The van der Waals surface area contributed by atoms with Crippen LogP contribution in [0.3, 0.4) is 0 Å². The Morgan fingerprint density at radius 3 is 2.47 bits per heavy atom. The van der Waals surface area contributed by atoms with Gasteiger partial charge in [0, 0.05) is 3.92 Å². The molecule has 4 N–H and O–H groups in total. The molecule has 5 heteroatoms. The normalized spacial score (nSPS) is 44.2. The molecule has 0 aromatic carbocycles. The van der Waals surface area contributed by atoms with Gasteiger partial charge in [0.15, 0.2) is 0 Å². The van der Waals surface area contributed by atoms with Crippen LogP contribution in [0.25, 0.3) is 0 Å². The van der Waals surface area contributed by atoms with Gasteiger partial charge in [-0.2, -0.15) is 0 Å². The molecule has 0 aliphatic heterocycles. The summed E-state index contributed by atoms with van der Waals surface area (Å²) in [5, 5.41) is 19.9. The molecule has 0 saturated heterocycles. The van der Waals surface area contributed by atoms with Crippen LogP contribution in [-0.4, -0.2) is 45.1 Å². The first-order chi connectivity index (χ1) is 9.10. The molecular formula is C14H26INO3. The highest BCUT2D eigenvalue weighted by atomic mass is 127. The fourth-order valence-corrected chi connectivity index (χ4v) is 4.22. The van der Waals surface area contributed by atoms with Crippen molar-refractivity contribution in [3.05, 3.63) is 0 Å². The maximum absolute atomic E-state index is 10.2. The highest BCUT2D eigenvalue weighted by Crippen LogP contribution is 2.33. The number of alkyl halides is 1. The summed E-state index contributed by atoms with van der Waals surface area (Å²) in [4.78, 5) is 0. The van der Waals surface area contributed by atoms with E-state index in [2.05, 4.69) is 22.6 Å². The molecule has 0 aromatic rings. The zero-order valence-electron chi connectivity index (χ0n) is 11.4. The van der Waals surface area contributed by atoms with Gasteiger partial charge in [0.05, 0.1) is 24.4 Å². The number of ether oxygens (including phenoxy) is 1. The first-order valence-electron chi connectivity index (χ1n) is 7.46. The van der Waals surface area contributed by atoms with Crippen LogP contribution in [0.2, 0.25) is 0 Å². The molecule has 0 amide bonds. The van der Waals surface area contributed by atoms with Crippen LogP contribution in [0, 0.1) is 5.92 Å². The van der Waals surface area contributed by atoms with Gasteiger partial charge in [-0.3, -0.25) is 0 Å². The van der Waals surface area contributed by atoms with E-state index >= 15 is 0 Å². The largest absolute Gasteiger partial charge is 0.392 e. The molecule has 0 aromatic heterocycles. The Balaban J connectivity index is 1.77. The lowest BCUT2D eigenvalue weighted by molar-refractivity contribution is -0.116. The van der Waals surface area contributed by atoms with Crippen LogP contribution in [0.5, 0.6) is 0 Å². The van der Waals surface area contributed by atoms with Crippen LogP contribution in [0.1, 0.15) is 44.9 Å². The van der Waals surface area contributed by atoms with Crippen molar-refractivity contribution in [2.75, 3.05) is 6.54 Å². The molecule has 6 atom stereocenters. The number of aliphatic hydroxyl groups excluding tert-OH is 2. The van der Waals surface area contributed by atoms with Gasteiger partial charge in [-0.25, -0.2) is 0 Å². The summed E-state index contributed by atoms with van der Waals surface area (Å²) >= 11 is 2.31. The fraction of sp³-hybridized carbons (Fsp3) is 1.00. The number of hydrogen-bond acceptors (Lipinski definition) is 4. The second kappa shape index (κ2) is 7.54. The Hall–Kier alpha value is 0.570. The molecule has 2 aliphatic carbocycles. The van der Waals surface area contributed by atoms with Crippen LogP contribution in [0.15, 0.2) is 0 Å². The van der Waals surface area contributed by atoms with Crippen molar-refractivity contribution in [1.82, 2.24) is 0 Å². The predicted octanol–water partition coefficient (Wildman–Crippen LogP) is 1.60. The molecule has 4 nitrogen and oxygen atoms in total. The molecule has 2 fully saturated rings. The maximum Gasteiger partial charge on any atom is 0.0837 e. The molecule has 0 heterocycles. The van der Waals surface area contributed by atoms with Crippen molar-refractivity contribution in [3.63, 3.8) is 0 Å². The number of nitrogens with two attached hydrogens (primary N) is 1. The zero-order valence-corrected chi connectivity index (χ0v) is 13.5. The molecule has 6 unspecified atom stereocenters. The molecular weight excluding hydrogens is 357 g/mol. The van der Waals surface area contributed by atoms with E-state index in [0.717, 1.165) is 44.9 Å². The van der Waals surface area contributed by atoms with E-state index in [1.807, 2.05) is 0 Å². The molecule has 0 bridgehead atoms. The van der Waals surface area contributed by atoms with E-state index in [1.54, 1.807) is 0 Å². The van der Waals surface area contributed by atoms with Gasteiger partial charge in [-0.15, -0.1) is 0 Å². The molecule has 2 rings (SSSR count). The molecule has 2 aliphatic rings. The smallest absolute Gasteiger partial charge is 0.0837 e. The van der Waals surface area contributed by atoms with E-state index in [1.165, 1.54) is 0 Å². The second-order valence-electron chi connectivity index (χ2n) is 6.02. The summed E-state index contributed by atoms with van der Waals surface area (Å²) in [5.41, 5.74) is 5.58. The summed E-state index contributed by atoms with van der Waals surface area (Å²) in [7, 11) is 0. The monoisotopic (exact) mass is 383 g/mol. The third kappa shape index (κ3) is 4.52. The van der Waals surface area contributed by atoms with Gasteiger partial charge < -0.3 is 20.7 Å². The molecule has 112 valence electrons. The minimum Gasteiger partial charge on any atom is -0.392 e. The lowest BCUT2D eigenvalue weighted by Crippen LogP contribution is -2.41. The highest BCUT2D eigenvalue weighted by Gasteiger charge is 2.34. The minimum absolute atomic E-state index is 0.0159. The first-order valence-corrected chi connectivity index (χ1v) is 8.70. The lowest BCUT2D eigenvalue weighted by atomic mass is 9.83. The van der Waals surface area contributed by atoms with Crippen molar-refractivity contribution in [2.24, 2.45) is 11.7 Å². The SMILES string of the molecule is NCCC1CCC(OC2CCC(O)C(I)C2)C(O)C1. The van der Waals surface area contributed by atoms with Crippen LogP contribution < -0.4 is 5.73 Å². The summed E-state index contributed by atoms with van der Waals surface area (Å²) in [6.45, 7) is 0.708. The maximum atomic E-state index is 10.2. The topological polar surface area (TPSA) is 75.7 Å². The standard InChI is InChI=1S/C14H26INO3/c15-11-8-10(2-3-12(11)17)19-14-4-1-9(5-6-16)7-13(14)18/h9-14,17-18H,1-8,16H2. The van der Waals surface area contributed by atoms with Crippen molar-refractivity contribution in [3.8, 4) is 0 Å². The average molecular weight is 383 g/mol. The first kappa shape index (κ1) is 15.9. The van der Waals surface area contributed by atoms with Crippen molar-refractivity contribution in [2.45, 2.75) is 73.3 Å². The van der Waals surface area contributed by atoms with Crippen LogP contribution in [0.4, 0.5) is 0 Å². The fourth-order valence-electron chi connectivity index (χ4n) is 3.29. The third-order valence-electron chi connectivity index (χ3n) is 4.50. The molecule has 0 radical (unpaired) electrons. The molecule has 2 saturated carbocycles. The van der Waals surface area contributed by atoms with Gasteiger partial charge in [0.2, 0.25) is 0 Å². The predicted molar refractivity (Wildman–Crippen MR) is 83.3 cm³/mol. The van der Waals surface area contributed by atoms with E-state index in [4.69, 9.17) is 10.5 Å². The summed E-state index contributed by atoms with van der Waals surface area (Å²) in [6.07, 6.45) is 6.17. The van der Waals surface area contributed by atoms with Gasteiger partial charge in [-0.1, -0.05) is 22.6 Å².